The molecule has 1 aromatic carbocycles. The van der Waals surface area contributed by atoms with Crippen LogP contribution in [0.15, 0.2) is 24.3 Å². The molecule has 5 heteroatoms. The van der Waals surface area contributed by atoms with Gasteiger partial charge in [0.25, 0.3) is 0 Å². The summed E-state index contributed by atoms with van der Waals surface area (Å²) in [5.41, 5.74) is 0.967. The number of halogens is 1. The van der Waals surface area contributed by atoms with Crippen LogP contribution in [0.5, 0.6) is 0 Å². The van der Waals surface area contributed by atoms with Crippen molar-refractivity contribution in [2.45, 2.75) is 97.0 Å². The van der Waals surface area contributed by atoms with Gasteiger partial charge in [0, 0.05) is 16.4 Å². The third-order valence-electron chi connectivity index (χ3n) is 4.84. The molecule has 1 aromatic rings. The maximum absolute atomic E-state index is 11.7. The first kappa shape index (κ1) is 25.9. The molecule has 0 N–H and O–H groups in total. The molecule has 0 radical (unpaired) electrons. The van der Waals surface area contributed by atoms with Gasteiger partial charge >= 0.3 is 11.9 Å². The van der Waals surface area contributed by atoms with E-state index in [0.29, 0.717) is 13.0 Å². The molecule has 0 aliphatic heterocycles. The molecule has 0 amide bonds. The van der Waals surface area contributed by atoms with E-state index >= 15 is 0 Å². The number of carbonyl (C=O) groups excluding carboxylic acids is 2. The molecule has 0 spiro atoms. The lowest BCUT2D eigenvalue weighted by molar-refractivity contribution is -0.146. The molecular formula is C24H37IO4. The minimum absolute atomic E-state index is 0.216. The number of hydrogen-bond donors (Lipinski definition) is 0. The first-order valence-corrected chi connectivity index (χ1v) is 12.3. The van der Waals surface area contributed by atoms with Crippen LogP contribution in [0.4, 0.5) is 0 Å². The zero-order chi connectivity index (χ0) is 21.2. The standard InChI is InChI=1S/C24H37IO4/c1-2-3-4-5-6-7-8-9-10-11-19-28-23(26)13-12-14-24(27)29-20-21-15-17-22(25)18-16-21/h15-18H,2-14,19-20H2,1H3. The van der Waals surface area contributed by atoms with E-state index in [1.807, 2.05) is 24.3 Å². The topological polar surface area (TPSA) is 52.6 Å². The van der Waals surface area contributed by atoms with Gasteiger partial charge in [-0.15, -0.1) is 0 Å². The second-order valence-electron chi connectivity index (χ2n) is 7.54. The first-order valence-electron chi connectivity index (χ1n) is 11.2. The van der Waals surface area contributed by atoms with Gasteiger partial charge < -0.3 is 9.47 Å². The molecule has 0 aliphatic carbocycles. The molecule has 0 saturated carbocycles. The predicted molar refractivity (Wildman–Crippen MR) is 126 cm³/mol. The van der Waals surface area contributed by atoms with Crippen LogP contribution in [0.2, 0.25) is 0 Å². The Labute approximate surface area is 190 Å². The molecule has 0 fully saturated rings. The minimum Gasteiger partial charge on any atom is -0.466 e. The van der Waals surface area contributed by atoms with E-state index in [-0.39, 0.29) is 31.4 Å². The van der Waals surface area contributed by atoms with Crippen LogP contribution >= 0.6 is 22.6 Å². The highest BCUT2D eigenvalue weighted by Crippen LogP contribution is 2.11. The van der Waals surface area contributed by atoms with Crippen LogP contribution in [0.25, 0.3) is 0 Å². The smallest absolute Gasteiger partial charge is 0.306 e. The number of esters is 2. The predicted octanol–water partition coefficient (Wildman–Crippen LogP) is 6.97. The SMILES string of the molecule is CCCCCCCCCCCCOC(=O)CCCC(=O)OCc1ccc(I)cc1. The van der Waals surface area contributed by atoms with Crippen molar-refractivity contribution in [1.29, 1.82) is 0 Å². The van der Waals surface area contributed by atoms with Crippen LogP contribution in [-0.4, -0.2) is 18.5 Å². The summed E-state index contributed by atoms with van der Waals surface area (Å²) in [4.78, 5) is 23.5. The number of rotatable bonds is 17. The Kier molecular flexibility index (Phi) is 15.8. The minimum atomic E-state index is -0.272. The summed E-state index contributed by atoms with van der Waals surface area (Å²) in [5.74, 6) is -0.489. The Morgan fingerprint density at radius 3 is 1.83 bits per heavy atom. The van der Waals surface area contributed by atoms with Gasteiger partial charge in [0.15, 0.2) is 0 Å². The number of unbranched alkanes of at least 4 members (excludes halogenated alkanes) is 9. The molecule has 0 heterocycles. The molecule has 1 rings (SSSR count). The van der Waals surface area contributed by atoms with E-state index in [0.717, 1.165) is 22.0 Å². The maximum atomic E-state index is 11.7. The zero-order valence-electron chi connectivity index (χ0n) is 17.9. The summed E-state index contributed by atoms with van der Waals surface area (Å²) < 4.78 is 11.6. The zero-order valence-corrected chi connectivity index (χ0v) is 20.1. The summed E-state index contributed by atoms with van der Waals surface area (Å²) in [6, 6.07) is 7.85. The van der Waals surface area contributed by atoms with Crippen LogP contribution in [0.3, 0.4) is 0 Å². The van der Waals surface area contributed by atoms with Crippen LogP contribution < -0.4 is 0 Å². The number of ether oxygens (including phenoxy) is 2. The molecule has 29 heavy (non-hydrogen) atoms. The van der Waals surface area contributed by atoms with E-state index in [1.165, 1.54) is 51.4 Å². The van der Waals surface area contributed by atoms with Crippen molar-refractivity contribution in [3.05, 3.63) is 33.4 Å². The molecular weight excluding hydrogens is 479 g/mol. The summed E-state index contributed by atoms with van der Waals surface area (Å²) in [5, 5.41) is 0. The van der Waals surface area contributed by atoms with E-state index in [1.54, 1.807) is 0 Å². The Bertz CT molecular complexity index is 557. The molecule has 0 atom stereocenters. The van der Waals surface area contributed by atoms with E-state index in [4.69, 9.17) is 9.47 Å². The average molecular weight is 516 g/mol. The van der Waals surface area contributed by atoms with Crippen molar-refractivity contribution in [2.75, 3.05) is 6.61 Å². The van der Waals surface area contributed by atoms with Gasteiger partial charge in [-0.2, -0.15) is 0 Å². The van der Waals surface area contributed by atoms with Gasteiger partial charge in [0.1, 0.15) is 6.61 Å². The van der Waals surface area contributed by atoms with Crippen molar-refractivity contribution in [3.63, 3.8) is 0 Å². The van der Waals surface area contributed by atoms with Crippen LogP contribution in [0, 0.1) is 3.57 Å². The fourth-order valence-electron chi connectivity index (χ4n) is 3.04. The van der Waals surface area contributed by atoms with Crippen molar-refractivity contribution < 1.29 is 19.1 Å². The summed E-state index contributed by atoms with van der Waals surface area (Å²) >= 11 is 2.23. The maximum Gasteiger partial charge on any atom is 0.306 e. The van der Waals surface area contributed by atoms with E-state index < -0.39 is 0 Å². The monoisotopic (exact) mass is 516 g/mol. The molecule has 164 valence electrons. The van der Waals surface area contributed by atoms with Crippen molar-refractivity contribution in [1.82, 2.24) is 0 Å². The summed E-state index contributed by atoms with van der Waals surface area (Å²) in [6.45, 7) is 3.01. The third-order valence-corrected chi connectivity index (χ3v) is 5.55. The molecule has 0 unspecified atom stereocenters. The Morgan fingerprint density at radius 2 is 1.24 bits per heavy atom. The molecule has 0 aromatic heterocycles. The van der Waals surface area contributed by atoms with Gasteiger partial charge in [-0.3, -0.25) is 9.59 Å². The summed E-state index contributed by atoms with van der Waals surface area (Å²) in [7, 11) is 0. The molecule has 0 saturated heterocycles. The Hall–Kier alpha value is -1.11. The molecule has 0 aliphatic rings. The fourth-order valence-corrected chi connectivity index (χ4v) is 3.40. The number of hydrogen-bond acceptors (Lipinski definition) is 4. The lowest BCUT2D eigenvalue weighted by Gasteiger charge is -2.06. The van der Waals surface area contributed by atoms with Crippen molar-refractivity contribution in [2.24, 2.45) is 0 Å². The molecule has 4 nitrogen and oxygen atoms in total. The van der Waals surface area contributed by atoms with Gasteiger partial charge in [0.05, 0.1) is 6.61 Å². The highest BCUT2D eigenvalue weighted by molar-refractivity contribution is 14.1. The number of benzene rings is 1. The quantitative estimate of drug-likeness (QED) is 0.128. The van der Waals surface area contributed by atoms with Crippen molar-refractivity contribution in [3.8, 4) is 0 Å². The van der Waals surface area contributed by atoms with E-state index in [2.05, 4.69) is 29.5 Å². The lowest BCUT2D eigenvalue weighted by atomic mass is 10.1. The van der Waals surface area contributed by atoms with Gasteiger partial charge in [0.2, 0.25) is 0 Å². The normalized spacial score (nSPS) is 10.7. The van der Waals surface area contributed by atoms with Crippen LogP contribution in [-0.2, 0) is 25.7 Å². The first-order chi connectivity index (χ1) is 14.1. The average Bonchev–Trinajstić information content (AvgIpc) is 2.71. The molecule has 0 bridgehead atoms. The van der Waals surface area contributed by atoms with Crippen LogP contribution in [0.1, 0.15) is 96.0 Å². The highest BCUT2D eigenvalue weighted by Gasteiger charge is 2.07. The van der Waals surface area contributed by atoms with E-state index in [9.17, 15) is 9.59 Å². The second kappa shape index (κ2) is 17.7. The second-order valence-corrected chi connectivity index (χ2v) is 8.79. The third kappa shape index (κ3) is 15.4. The van der Waals surface area contributed by atoms with Gasteiger partial charge in [-0.05, 0) is 53.1 Å². The largest absolute Gasteiger partial charge is 0.466 e. The Balaban J connectivity index is 1.89. The highest BCUT2D eigenvalue weighted by atomic mass is 127. The number of carbonyl (C=O) groups is 2. The Morgan fingerprint density at radius 1 is 0.724 bits per heavy atom. The van der Waals surface area contributed by atoms with Crippen molar-refractivity contribution >= 4 is 34.5 Å². The lowest BCUT2D eigenvalue weighted by Crippen LogP contribution is -2.09. The van der Waals surface area contributed by atoms with Gasteiger partial charge in [-0.25, -0.2) is 0 Å². The fraction of sp³-hybridized carbons (Fsp3) is 0.667. The van der Waals surface area contributed by atoms with Gasteiger partial charge in [-0.1, -0.05) is 76.8 Å². The summed E-state index contributed by atoms with van der Waals surface area (Å²) in [6.07, 6.45) is 13.6.